The van der Waals surface area contributed by atoms with E-state index in [-0.39, 0.29) is 11.7 Å². The van der Waals surface area contributed by atoms with Crippen LogP contribution in [0.5, 0.6) is 0 Å². The van der Waals surface area contributed by atoms with Crippen molar-refractivity contribution in [3.8, 4) is 0 Å². The van der Waals surface area contributed by atoms with E-state index in [0.29, 0.717) is 0 Å². The zero-order valence-electron chi connectivity index (χ0n) is 5.39. The van der Waals surface area contributed by atoms with Crippen molar-refractivity contribution >= 4 is 32.9 Å². The van der Waals surface area contributed by atoms with Crippen LogP contribution < -0.4 is 2.94 Å². The highest BCUT2D eigenvalue weighted by molar-refractivity contribution is 14.1. The van der Waals surface area contributed by atoms with Crippen molar-refractivity contribution in [1.82, 2.24) is 2.94 Å². The standard InChI is InChI=1S/C4H10INO2S/c1-4(2)3-9(7,8)6-5/h4,6H,3H2,1-2H3. The topological polar surface area (TPSA) is 46.2 Å². The van der Waals surface area contributed by atoms with Gasteiger partial charge in [0.25, 0.3) is 0 Å². The maximum atomic E-state index is 10.7. The first kappa shape index (κ1) is 9.64. The third-order valence-corrected chi connectivity index (χ3v) is 4.02. The van der Waals surface area contributed by atoms with Crippen molar-refractivity contribution in [2.45, 2.75) is 13.8 Å². The fourth-order valence-electron chi connectivity index (χ4n) is 0.470. The Morgan fingerprint density at radius 1 is 1.56 bits per heavy atom. The number of nitrogens with one attached hydrogen (secondary N) is 1. The van der Waals surface area contributed by atoms with Crippen molar-refractivity contribution in [3.63, 3.8) is 0 Å². The molecule has 56 valence electrons. The number of sulfonamides is 1. The van der Waals surface area contributed by atoms with Gasteiger partial charge in [-0.3, -0.25) is 0 Å². The maximum absolute atomic E-state index is 10.7. The summed E-state index contributed by atoms with van der Waals surface area (Å²) in [6.07, 6.45) is 0. The molecular formula is C4H10INO2S. The van der Waals surface area contributed by atoms with Crippen LogP contribution in [0.25, 0.3) is 0 Å². The molecule has 0 aromatic carbocycles. The first-order valence-electron chi connectivity index (χ1n) is 2.58. The summed E-state index contributed by atoms with van der Waals surface area (Å²) in [6.45, 7) is 3.73. The van der Waals surface area contributed by atoms with Crippen LogP contribution >= 0.6 is 22.9 Å². The lowest BCUT2D eigenvalue weighted by molar-refractivity contribution is 0.582. The smallest absolute Gasteiger partial charge is 0.212 e. The van der Waals surface area contributed by atoms with Crippen LogP contribution in [-0.2, 0) is 10.0 Å². The van der Waals surface area contributed by atoms with Gasteiger partial charge < -0.3 is 0 Å². The Morgan fingerprint density at radius 3 is 2.11 bits per heavy atom. The minimum atomic E-state index is -2.98. The summed E-state index contributed by atoms with van der Waals surface area (Å²) < 4.78 is 23.6. The third-order valence-electron chi connectivity index (χ3n) is 0.670. The molecule has 0 atom stereocenters. The summed E-state index contributed by atoms with van der Waals surface area (Å²) in [7, 11) is -2.98. The van der Waals surface area contributed by atoms with Crippen molar-refractivity contribution in [3.05, 3.63) is 0 Å². The number of hydrogen-bond donors (Lipinski definition) is 1. The van der Waals surface area contributed by atoms with Crippen LogP contribution in [0.4, 0.5) is 0 Å². The van der Waals surface area contributed by atoms with Gasteiger partial charge in [0.05, 0.1) is 5.75 Å². The van der Waals surface area contributed by atoms with E-state index in [0.717, 1.165) is 0 Å². The van der Waals surface area contributed by atoms with Gasteiger partial charge in [0.15, 0.2) is 0 Å². The first-order valence-corrected chi connectivity index (χ1v) is 5.31. The molecule has 9 heavy (non-hydrogen) atoms. The van der Waals surface area contributed by atoms with Crippen LogP contribution in [-0.4, -0.2) is 14.2 Å². The van der Waals surface area contributed by atoms with Gasteiger partial charge >= 0.3 is 0 Å². The fourth-order valence-corrected chi connectivity index (χ4v) is 1.95. The highest BCUT2D eigenvalue weighted by atomic mass is 127. The molecule has 0 aliphatic rings. The molecule has 0 unspecified atom stereocenters. The Morgan fingerprint density at radius 2 is 2.00 bits per heavy atom. The van der Waals surface area contributed by atoms with Gasteiger partial charge in [0, 0.05) is 22.9 Å². The molecule has 0 aromatic heterocycles. The minimum Gasteiger partial charge on any atom is -0.212 e. The Hall–Kier alpha value is 0.640. The van der Waals surface area contributed by atoms with E-state index >= 15 is 0 Å². The second-order valence-electron chi connectivity index (χ2n) is 2.25. The third kappa shape index (κ3) is 5.10. The van der Waals surface area contributed by atoms with Crippen molar-refractivity contribution in [2.24, 2.45) is 5.92 Å². The summed E-state index contributed by atoms with van der Waals surface area (Å²) in [5, 5.41) is 0. The molecule has 0 fully saturated rings. The van der Waals surface area contributed by atoms with Crippen LogP contribution in [0.15, 0.2) is 0 Å². The van der Waals surface area contributed by atoms with Crippen molar-refractivity contribution in [1.29, 1.82) is 0 Å². The lowest BCUT2D eigenvalue weighted by Gasteiger charge is -2.02. The molecule has 1 N–H and O–H groups in total. The van der Waals surface area contributed by atoms with Crippen LogP contribution in [0.2, 0.25) is 0 Å². The molecule has 0 spiro atoms. The monoisotopic (exact) mass is 263 g/mol. The largest absolute Gasteiger partial charge is 0.220 e. The summed E-state index contributed by atoms with van der Waals surface area (Å²) in [6, 6.07) is 0. The van der Waals surface area contributed by atoms with Gasteiger partial charge in [-0.1, -0.05) is 13.8 Å². The van der Waals surface area contributed by atoms with Gasteiger partial charge in [-0.15, -0.1) is 0 Å². The van der Waals surface area contributed by atoms with Crippen LogP contribution in [0.1, 0.15) is 13.8 Å². The lowest BCUT2D eigenvalue weighted by Crippen LogP contribution is -2.20. The number of rotatable bonds is 3. The summed E-state index contributed by atoms with van der Waals surface area (Å²) >= 11 is 1.63. The molecule has 0 aliphatic carbocycles. The highest BCUT2D eigenvalue weighted by Crippen LogP contribution is 1.97. The predicted molar refractivity (Wildman–Crippen MR) is 45.8 cm³/mol. The van der Waals surface area contributed by atoms with Crippen molar-refractivity contribution < 1.29 is 8.42 Å². The Balaban J connectivity index is 3.90. The highest BCUT2D eigenvalue weighted by Gasteiger charge is 2.09. The van der Waals surface area contributed by atoms with Gasteiger partial charge in [0.1, 0.15) is 0 Å². The van der Waals surface area contributed by atoms with E-state index in [1.807, 2.05) is 13.8 Å². The fraction of sp³-hybridized carbons (Fsp3) is 1.00. The first-order chi connectivity index (χ1) is 3.98. The Labute approximate surface area is 69.8 Å². The molecule has 0 radical (unpaired) electrons. The summed E-state index contributed by atoms with van der Waals surface area (Å²) in [4.78, 5) is 0. The number of halogens is 1. The maximum Gasteiger partial charge on any atom is 0.220 e. The summed E-state index contributed by atoms with van der Waals surface area (Å²) in [5.74, 6) is 0.396. The summed E-state index contributed by atoms with van der Waals surface area (Å²) in [5.41, 5.74) is 0. The van der Waals surface area contributed by atoms with E-state index in [1.165, 1.54) is 0 Å². The zero-order chi connectivity index (χ0) is 7.49. The molecular weight excluding hydrogens is 253 g/mol. The second-order valence-corrected chi connectivity index (χ2v) is 5.29. The average Bonchev–Trinajstić information content (AvgIpc) is 1.63. The molecule has 0 aromatic rings. The van der Waals surface area contributed by atoms with Gasteiger partial charge in [0.2, 0.25) is 10.0 Å². The second kappa shape index (κ2) is 3.72. The Kier molecular flexibility index (Phi) is 3.99. The predicted octanol–water partition coefficient (Wildman–Crippen LogP) is 0.912. The number of hydrogen-bond acceptors (Lipinski definition) is 2. The van der Waals surface area contributed by atoms with Gasteiger partial charge in [-0.05, 0) is 5.92 Å². The average molecular weight is 263 g/mol. The van der Waals surface area contributed by atoms with E-state index in [2.05, 4.69) is 2.94 Å². The minimum absolute atomic E-state index is 0.192. The van der Waals surface area contributed by atoms with Crippen LogP contribution in [0.3, 0.4) is 0 Å². The molecule has 0 aliphatic heterocycles. The quantitative estimate of drug-likeness (QED) is 0.607. The normalized spacial score (nSPS) is 12.4. The van der Waals surface area contributed by atoms with E-state index in [9.17, 15) is 8.42 Å². The molecule has 0 amide bonds. The molecule has 5 heteroatoms. The van der Waals surface area contributed by atoms with E-state index in [1.54, 1.807) is 22.9 Å². The molecule has 3 nitrogen and oxygen atoms in total. The van der Waals surface area contributed by atoms with E-state index in [4.69, 9.17) is 0 Å². The molecule has 0 heterocycles. The molecule has 0 bridgehead atoms. The van der Waals surface area contributed by atoms with E-state index < -0.39 is 10.0 Å². The van der Waals surface area contributed by atoms with Crippen molar-refractivity contribution in [2.75, 3.05) is 5.75 Å². The van der Waals surface area contributed by atoms with Gasteiger partial charge in [-0.25, -0.2) is 8.42 Å². The van der Waals surface area contributed by atoms with Gasteiger partial charge in [-0.2, -0.15) is 2.94 Å². The SMILES string of the molecule is CC(C)CS(=O)(=O)NI. The van der Waals surface area contributed by atoms with Crippen LogP contribution in [0, 0.1) is 5.92 Å². The lowest BCUT2D eigenvalue weighted by atomic mass is 10.3. The molecule has 0 saturated carbocycles. The Bertz CT molecular complexity index is 163. The molecule has 0 rings (SSSR count). The molecule has 0 saturated heterocycles. The zero-order valence-corrected chi connectivity index (χ0v) is 8.36.